The number of carbonyl (C=O) groups is 1. The Kier molecular flexibility index (Phi) is 4.04. The fourth-order valence-electron chi connectivity index (χ4n) is 1.60. The van der Waals surface area contributed by atoms with Gasteiger partial charge in [0.2, 0.25) is 0 Å². The summed E-state index contributed by atoms with van der Waals surface area (Å²) in [5.41, 5.74) is 0.494. The molecule has 0 fully saturated rings. The van der Waals surface area contributed by atoms with E-state index in [1.807, 2.05) is 11.4 Å². The van der Waals surface area contributed by atoms with E-state index >= 15 is 0 Å². The summed E-state index contributed by atoms with van der Waals surface area (Å²) in [6, 6.07) is 8.38. The zero-order valence-corrected chi connectivity index (χ0v) is 12.2. The maximum absolute atomic E-state index is 12.1. The Morgan fingerprint density at radius 2 is 2.22 bits per heavy atom. The number of rotatable bonds is 3. The molecule has 0 saturated heterocycles. The molecule has 2 rings (SSSR count). The van der Waals surface area contributed by atoms with Crippen molar-refractivity contribution >= 4 is 33.2 Å². The molecule has 0 spiro atoms. The van der Waals surface area contributed by atoms with Crippen molar-refractivity contribution in [1.82, 2.24) is 4.90 Å². The standard InChI is InChI=1S/C13H12BrNO2S/c1-15(7-12-6-10(14)8-18-12)13(17)9-3-2-4-11(16)5-9/h2-6,8,16H,7H2,1H3. The number of phenolic OH excluding ortho intramolecular Hbond substituents is 1. The van der Waals surface area contributed by atoms with Crippen LogP contribution >= 0.6 is 27.3 Å². The Labute approximate surface area is 118 Å². The zero-order valence-electron chi connectivity index (χ0n) is 9.76. The van der Waals surface area contributed by atoms with Crippen molar-refractivity contribution in [1.29, 1.82) is 0 Å². The first kappa shape index (κ1) is 13.1. The highest BCUT2D eigenvalue weighted by Crippen LogP contribution is 2.21. The van der Waals surface area contributed by atoms with E-state index in [0.29, 0.717) is 12.1 Å². The highest BCUT2D eigenvalue weighted by atomic mass is 79.9. The van der Waals surface area contributed by atoms with Crippen molar-refractivity contribution < 1.29 is 9.90 Å². The van der Waals surface area contributed by atoms with E-state index < -0.39 is 0 Å². The van der Waals surface area contributed by atoms with Crippen LogP contribution in [-0.2, 0) is 6.54 Å². The molecule has 94 valence electrons. The molecule has 0 saturated carbocycles. The van der Waals surface area contributed by atoms with Gasteiger partial charge in [0, 0.05) is 27.3 Å². The molecule has 5 heteroatoms. The fraction of sp³-hybridized carbons (Fsp3) is 0.154. The second-order valence-corrected chi connectivity index (χ2v) is 5.85. The third-order valence-electron chi connectivity index (χ3n) is 2.45. The van der Waals surface area contributed by atoms with Gasteiger partial charge in [0.15, 0.2) is 0 Å². The van der Waals surface area contributed by atoms with Gasteiger partial charge in [0.1, 0.15) is 5.75 Å². The number of hydrogen-bond acceptors (Lipinski definition) is 3. The van der Waals surface area contributed by atoms with Crippen LogP contribution in [0.3, 0.4) is 0 Å². The van der Waals surface area contributed by atoms with Gasteiger partial charge >= 0.3 is 0 Å². The molecule has 0 radical (unpaired) electrons. The topological polar surface area (TPSA) is 40.5 Å². The maximum Gasteiger partial charge on any atom is 0.254 e. The first-order chi connectivity index (χ1) is 8.56. The lowest BCUT2D eigenvalue weighted by Crippen LogP contribution is -2.25. The molecule has 0 unspecified atom stereocenters. The van der Waals surface area contributed by atoms with Gasteiger partial charge in [0.05, 0.1) is 6.54 Å². The van der Waals surface area contributed by atoms with Crippen LogP contribution in [0.5, 0.6) is 5.75 Å². The summed E-state index contributed by atoms with van der Waals surface area (Å²) in [7, 11) is 1.75. The number of aromatic hydroxyl groups is 1. The molecule has 0 bridgehead atoms. The Morgan fingerprint density at radius 3 is 2.83 bits per heavy atom. The summed E-state index contributed by atoms with van der Waals surface area (Å²) in [5, 5.41) is 11.4. The largest absolute Gasteiger partial charge is 0.508 e. The van der Waals surface area contributed by atoms with Crippen LogP contribution in [0, 0.1) is 0 Å². The Hall–Kier alpha value is -1.33. The minimum Gasteiger partial charge on any atom is -0.508 e. The number of thiophene rings is 1. The van der Waals surface area contributed by atoms with Gasteiger partial charge in [-0.2, -0.15) is 0 Å². The summed E-state index contributed by atoms with van der Waals surface area (Å²) in [6.45, 7) is 0.560. The summed E-state index contributed by atoms with van der Waals surface area (Å²) >= 11 is 4.99. The van der Waals surface area contributed by atoms with E-state index in [-0.39, 0.29) is 11.7 Å². The molecular weight excluding hydrogens is 314 g/mol. The molecule has 1 amide bonds. The second-order valence-electron chi connectivity index (χ2n) is 3.94. The van der Waals surface area contributed by atoms with Gasteiger partial charge in [-0.15, -0.1) is 11.3 Å². The number of amides is 1. The van der Waals surface area contributed by atoms with Gasteiger partial charge in [-0.1, -0.05) is 6.07 Å². The van der Waals surface area contributed by atoms with Crippen LogP contribution in [0.2, 0.25) is 0 Å². The van der Waals surface area contributed by atoms with Gasteiger partial charge in [-0.25, -0.2) is 0 Å². The molecule has 3 nitrogen and oxygen atoms in total. The minimum absolute atomic E-state index is 0.101. The Morgan fingerprint density at radius 1 is 1.44 bits per heavy atom. The van der Waals surface area contributed by atoms with Crippen LogP contribution in [0.15, 0.2) is 40.2 Å². The molecule has 2 aromatic rings. The smallest absolute Gasteiger partial charge is 0.254 e. The van der Waals surface area contributed by atoms with Gasteiger partial charge in [0.25, 0.3) is 5.91 Å². The van der Waals surface area contributed by atoms with Crippen LogP contribution in [-0.4, -0.2) is 23.0 Å². The van der Waals surface area contributed by atoms with Crippen molar-refractivity contribution in [3.63, 3.8) is 0 Å². The molecule has 1 aromatic heterocycles. The fourth-order valence-corrected chi connectivity index (χ4v) is 3.11. The molecule has 1 heterocycles. The molecule has 1 N–H and O–H groups in total. The first-order valence-corrected chi connectivity index (χ1v) is 7.01. The predicted octanol–water partition coefficient (Wildman–Crippen LogP) is 3.49. The minimum atomic E-state index is -0.101. The number of carbonyl (C=O) groups excluding carboxylic acids is 1. The zero-order chi connectivity index (χ0) is 13.1. The number of hydrogen-bond donors (Lipinski definition) is 1. The SMILES string of the molecule is CN(Cc1cc(Br)cs1)C(=O)c1cccc(O)c1. The predicted molar refractivity (Wildman–Crippen MR) is 75.9 cm³/mol. The lowest BCUT2D eigenvalue weighted by Gasteiger charge is -2.16. The van der Waals surface area contributed by atoms with Gasteiger partial charge < -0.3 is 10.0 Å². The molecule has 0 aliphatic rings. The van der Waals surface area contributed by atoms with Crippen molar-refractivity contribution in [2.45, 2.75) is 6.54 Å². The van der Waals surface area contributed by atoms with Crippen molar-refractivity contribution in [3.8, 4) is 5.75 Å². The molecule has 0 aliphatic carbocycles. The number of nitrogens with zero attached hydrogens (tertiary/aromatic N) is 1. The summed E-state index contributed by atoms with van der Waals surface area (Å²) in [4.78, 5) is 14.9. The van der Waals surface area contributed by atoms with E-state index in [9.17, 15) is 9.90 Å². The number of phenols is 1. The van der Waals surface area contributed by atoms with Gasteiger partial charge in [-0.05, 0) is 40.2 Å². The Bertz CT molecular complexity index is 568. The normalized spacial score (nSPS) is 10.3. The van der Waals surface area contributed by atoms with Crippen molar-refractivity contribution in [2.75, 3.05) is 7.05 Å². The summed E-state index contributed by atoms with van der Waals surface area (Å²) in [6.07, 6.45) is 0. The van der Waals surface area contributed by atoms with E-state index in [2.05, 4.69) is 15.9 Å². The van der Waals surface area contributed by atoms with Crippen molar-refractivity contribution in [3.05, 3.63) is 50.6 Å². The number of halogens is 1. The molecule has 0 aliphatic heterocycles. The molecule has 1 aromatic carbocycles. The van der Waals surface area contributed by atoms with Crippen LogP contribution in [0.1, 0.15) is 15.2 Å². The third kappa shape index (κ3) is 3.11. The molecular formula is C13H12BrNO2S. The maximum atomic E-state index is 12.1. The summed E-state index contributed by atoms with van der Waals surface area (Å²) < 4.78 is 1.03. The molecule has 0 atom stereocenters. The van der Waals surface area contributed by atoms with Crippen LogP contribution in [0.25, 0.3) is 0 Å². The quantitative estimate of drug-likeness (QED) is 0.938. The van der Waals surface area contributed by atoms with E-state index in [0.717, 1.165) is 9.35 Å². The third-order valence-corrected chi connectivity index (χ3v) is 4.14. The second kappa shape index (κ2) is 5.54. The average Bonchev–Trinajstić information content (AvgIpc) is 2.73. The lowest BCUT2D eigenvalue weighted by atomic mass is 10.2. The highest BCUT2D eigenvalue weighted by molar-refractivity contribution is 9.10. The van der Waals surface area contributed by atoms with E-state index in [1.54, 1.807) is 41.5 Å². The Balaban J connectivity index is 2.09. The lowest BCUT2D eigenvalue weighted by molar-refractivity contribution is 0.0786. The van der Waals surface area contributed by atoms with E-state index in [4.69, 9.17) is 0 Å². The van der Waals surface area contributed by atoms with Gasteiger partial charge in [-0.3, -0.25) is 4.79 Å². The van der Waals surface area contributed by atoms with E-state index in [1.165, 1.54) is 6.07 Å². The summed E-state index contributed by atoms with van der Waals surface area (Å²) in [5.74, 6) is 0.00328. The van der Waals surface area contributed by atoms with Crippen molar-refractivity contribution in [2.24, 2.45) is 0 Å². The highest BCUT2D eigenvalue weighted by Gasteiger charge is 2.13. The van der Waals surface area contributed by atoms with Crippen LogP contribution in [0.4, 0.5) is 0 Å². The average molecular weight is 326 g/mol. The number of benzene rings is 1. The first-order valence-electron chi connectivity index (χ1n) is 5.33. The monoisotopic (exact) mass is 325 g/mol. The molecule has 18 heavy (non-hydrogen) atoms. The van der Waals surface area contributed by atoms with Crippen LogP contribution < -0.4 is 0 Å².